The zero-order chi connectivity index (χ0) is 16.2. The first-order valence-electron chi connectivity index (χ1n) is 7.34. The molecule has 23 heavy (non-hydrogen) atoms. The SMILES string of the molecule is CCOc1cc(CNc2ccc3c(c2)OCO3)cc(Cl)c1OC. The number of fused-ring (bicyclic) bond motifs is 1. The molecule has 0 atom stereocenters. The van der Waals surface area contributed by atoms with Crippen molar-refractivity contribution >= 4 is 17.3 Å². The van der Waals surface area contributed by atoms with Crippen LogP contribution in [-0.2, 0) is 6.54 Å². The predicted octanol–water partition coefficient (Wildman–Crippen LogP) is 4.09. The quantitative estimate of drug-likeness (QED) is 0.861. The summed E-state index contributed by atoms with van der Waals surface area (Å²) in [7, 11) is 1.58. The molecule has 0 amide bonds. The van der Waals surface area contributed by atoms with E-state index < -0.39 is 0 Å². The number of ether oxygens (including phenoxy) is 4. The third kappa shape index (κ3) is 3.40. The zero-order valence-electron chi connectivity index (χ0n) is 13.0. The summed E-state index contributed by atoms with van der Waals surface area (Å²) in [6.45, 7) is 3.34. The van der Waals surface area contributed by atoms with Crippen molar-refractivity contribution in [2.45, 2.75) is 13.5 Å². The van der Waals surface area contributed by atoms with Crippen molar-refractivity contribution in [1.29, 1.82) is 0 Å². The lowest BCUT2D eigenvalue weighted by atomic mass is 10.2. The predicted molar refractivity (Wildman–Crippen MR) is 89.1 cm³/mol. The van der Waals surface area contributed by atoms with Crippen LogP contribution in [0.2, 0.25) is 5.02 Å². The Morgan fingerprint density at radius 3 is 2.78 bits per heavy atom. The fraction of sp³-hybridized carbons (Fsp3) is 0.294. The molecule has 6 heteroatoms. The van der Waals surface area contributed by atoms with Crippen LogP contribution >= 0.6 is 11.6 Å². The molecular weight excluding hydrogens is 318 g/mol. The largest absolute Gasteiger partial charge is 0.491 e. The second-order valence-electron chi connectivity index (χ2n) is 4.96. The number of methoxy groups -OCH3 is 1. The monoisotopic (exact) mass is 335 g/mol. The van der Waals surface area contributed by atoms with Gasteiger partial charge in [0.15, 0.2) is 23.0 Å². The average molecular weight is 336 g/mol. The maximum atomic E-state index is 6.26. The van der Waals surface area contributed by atoms with Gasteiger partial charge in [0.2, 0.25) is 6.79 Å². The highest BCUT2D eigenvalue weighted by Crippen LogP contribution is 2.37. The van der Waals surface area contributed by atoms with Crippen molar-refractivity contribution in [3.8, 4) is 23.0 Å². The summed E-state index contributed by atoms with van der Waals surface area (Å²) in [5, 5.41) is 3.86. The molecule has 0 spiro atoms. The molecule has 1 heterocycles. The highest BCUT2D eigenvalue weighted by Gasteiger charge is 2.14. The summed E-state index contributed by atoms with van der Waals surface area (Å²) in [6, 6.07) is 9.54. The summed E-state index contributed by atoms with van der Waals surface area (Å²) in [4.78, 5) is 0. The lowest BCUT2D eigenvalue weighted by molar-refractivity contribution is 0.174. The van der Waals surface area contributed by atoms with Crippen LogP contribution < -0.4 is 24.3 Å². The number of anilines is 1. The molecule has 0 aliphatic carbocycles. The Morgan fingerprint density at radius 2 is 2.00 bits per heavy atom. The highest BCUT2D eigenvalue weighted by atomic mass is 35.5. The molecule has 0 aromatic heterocycles. The molecule has 0 saturated carbocycles. The van der Waals surface area contributed by atoms with Crippen LogP contribution in [0.3, 0.4) is 0 Å². The van der Waals surface area contributed by atoms with Gasteiger partial charge in [-0.2, -0.15) is 0 Å². The number of hydrogen-bond acceptors (Lipinski definition) is 5. The van der Waals surface area contributed by atoms with Gasteiger partial charge in [0.1, 0.15) is 0 Å². The Bertz CT molecular complexity index is 705. The summed E-state index contributed by atoms with van der Waals surface area (Å²) >= 11 is 6.26. The lowest BCUT2D eigenvalue weighted by Crippen LogP contribution is -2.02. The first kappa shape index (κ1) is 15.6. The van der Waals surface area contributed by atoms with Gasteiger partial charge in [0, 0.05) is 18.3 Å². The van der Waals surface area contributed by atoms with Crippen molar-refractivity contribution in [2.24, 2.45) is 0 Å². The molecule has 3 rings (SSSR count). The molecule has 2 aromatic rings. The second kappa shape index (κ2) is 6.87. The fourth-order valence-corrected chi connectivity index (χ4v) is 2.71. The number of halogens is 1. The van der Waals surface area contributed by atoms with Crippen molar-refractivity contribution in [3.63, 3.8) is 0 Å². The van der Waals surface area contributed by atoms with E-state index in [-0.39, 0.29) is 6.79 Å². The Labute approximate surface area is 140 Å². The van der Waals surface area contributed by atoms with Gasteiger partial charge in [-0.25, -0.2) is 0 Å². The number of rotatable bonds is 6. The number of nitrogens with one attached hydrogen (secondary N) is 1. The molecule has 0 bridgehead atoms. The fourth-order valence-electron chi connectivity index (χ4n) is 2.40. The Morgan fingerprint density at radius 1 is 1.17 bits per heavy atom. The van der Waals surface area contributed by atoms with Gasteiger partial charge in [-0.05, 0) is 36.8 Å². The van der Waals surface area contributed by atoms with E-state index in [1.807, 2.05) is 37.3 Å². The molecule has 1 N–H and O–H groups in total. The summed E-state index contributed by atoms with van der Waals surface area (Å²) in [5.41, 5.74) is 1.94. The van der Waals surface area contributed by atoms with Crippen LogP contribution in [0.1, 0.15) is 12.5 Å². The molecule has 2 aromatic carbocycles. The molecule has 0 fully saturated rings. The van der Waals surface area contributed by atoms with Crippen molar-refractivity contribution in [1.82, 2.24) is 0 Å². The normalized spacial score (nSPS) is 12.1. The van der Waals surface area contributed by atoms with Crippen LogP contribution in [0.5, 0.6) is 23.0 Å². The third-order valence-electron chi connectivity index (χ3n) is 3.44. The van der Waals surface area contributed by atoms with Crippen LogP contribution in [0.15, 0.2) is 30.3 Å². The standard InChI is InChI=1S/C17H18ClNO4/c1-3-21-16-7-11(6-13(18)17(16)20-2)9-19-12-4-5-14-15(8-12)23-10-22-14/h4-8,19H,3,9-10H2,1-2H3. The molecule has 0 unspecified atom stereocenters. The number of benzene rings is 2. The van der Waals surface area contributed by atoms with Gasteiger partial charge in [-0.1, -0.05) is 11.6 Å². The van der Waals surface area contributed by atoms with Crippen molar-refractivity contribution in [2.75, 3.05) is 25.8 Å². The van der Waals surface area contributed by atoms with Crippen LogP contribution in [0.25, 0.3) is 0 Å². The summed E-state index contributed by atoms with van der Waals surface area (Å²) in [5.74, 6) is 2.71. The van der Waals surface area contributed by atoms with Gasteiger partial charge in [-0.15, -0.1) is 0 Å². The maximum absolute atomic E-state index is 6.26. The van der Waals surface area contributed by atoms with Gasteiger partial charge < -0.3 is 24.3 Å². The maximum Gasteiger partial charge on any atom is 0.231 e. The minimum atomic E-state index is 0.268. The third-order valence-corrected chi connectivity index (χ3v) is 3.72. The van der Waals surface area contributed by atoms with Gasteiger partial charge in [0.25, 0.3) is 0 Å². The minimum absolute atomic E-state index is 0.268. The topological polar surface area (TPSA) is 49.0 Å². The van der Waals surface area contributed by atoms with E-state index in [1.165, 1.54) is 0 Å². The van der Waals surface area contributed by atoms with E-state index in [1.54, 1.807) is 7.11 Å². The van der Waals surface area contributed by atoms with Crippen LogP contribution in [-0.4, -0.2) is 20.5 Å². The first-order chi connectivity index (χ1) is 11.2. The van der Waals surface area contributed by atoms with E-state index in [9.17, 15) is 0 Å². The Hall–Kier alpha value is -2.27. The Balaban J connectivity index is 1.75. The van der Waals surface area contributed by atoms with Crippen LogP contribution in [0.4, 0.5) is 5.69 Å². The van der Waals surface area contributed by atoms with E-state index >= 15 is 0 Å². The van der Waals surface area contributed by atoms with Gasteiger partial charge in [0.05, 0.1) is 18.7 Å². The van der Waals surface area contributed by atoms with E-state index in [4.69, 9.17) is 30.5 Å². The smallest absolute Gasteiger partial charge is 0.231 e. The zero-order valence-corrected chi connectivity index (χ0v) is 13.8. The van der Waals surface area contributed by atoms with Crippen molar-refractivity contribution in [3.05, 3.63) is 40.9 Å². The van der Waals surface area contributed by atoms with E-state index in [2.05, 4.69) is 5.32 Å². The molecule has 1 aliphatic heterocycles. The summed E-state index contributed by atoms with van der Waals surface area (Å²) in [6.07, 6.45) is 0. The Kier molecular flexibility index (Phi) is 4.67. The van der Waals surface area contributed by atoms with Crippen molar-refractivity contribution < 1.29 is 18.9 Å². The number of hydrogen-bond donors (Lipinski definition) is 1. The molecule has 5 nitrogen and oxygen atoms in total. The van der Waals surface area contributed by atoms with Gasteiger partial charge >= 0.3 is 0 Å². The second-order valence-corrected chi connectivity index (χ2v) is 5.37. The van der Waals surface area contributed by atoms with Gasteiger partial charge in [-0.3, -0.25) is 0 Å². The molecule has 0 radical (unpaired) electrons. The summed E-state index contributed by atoms with van der Waals surface area (Å²) < 4.78 is 21.6. The molecular formula is C17H18ClNO4. The molecule has 0 saturated heterocycles. The van der Waals surface area contributed by atoms with E-state index in [0.29, 0.717) is 29.7 Å². The highest BCUT2D eigenvalue weighted by molar-refractivity contribution is 6.32. The molecule has 122 valence electrons. The molecule has 1 aliphatic rings. The van der Waals surface area contributed by atoms with Crippen LogP contribution in [0, 0.1) is 0 Å². The average Bonchev–Trinajstić information content (AvgIpc) is 3.01. The first-order valence-corrected chi connectivity index (χ1v) is 7.71. The lowest BCUT2D eigenvalue weighted by Gasteiger charge is -2.14. The minimum Gasteiger partial charge on any atom is -0.491 e. The van der Waals surface area contributed by atoms with E-state index in [0.717, 1.165) is 22.7 Å².